The minimum absolute atomic E-state index is 0.625. The SMILES string of the molecule is CCCc1nc(NC)c(C)c(NCc2ccc(C)o2)n1. The third kappa shape index (κ3) is 3.29. The van der Waals surface area contributed by atoms with Crippen LogP contribution in [0.2, 0.25) is 0 Å². The van der Waals surface area contributed by atoms with Gasteiger partial charge in [0.25, 0.3) is 0 Å². The van der Waals surface area contributed by atoms with Crippen molar-refractivity contribution in [3.63, 3.8) is 0 Å². The van der Waals surface area contributed by atoms with Gasteiger partial charge in [0.2, 0.25) is 0 Å². The molecule has 0 aromatic carbocycles. The van der Waals surface area contributed by atoms with Crippen LogP contribution in [0.5, 0.6) is 0 Å². The Morgan fingerprint density at radius 2 is 1.90 bits per heavy atom. The summed E-state index contributed by atoms with van der Waals surface area (Å²) in [6.07, 6.45) is 1.91. The van der Waals surface area contributed by atoms with Crippen molar-refractivity contribution in [2.45, 2.75) is 40.2 Å². The molecule has 0 saturated carbocycles. The number of furan rings is 1. The highest BCUT2D eigenvalue weighted by molar-refractivity contribution is 5.57. The maximum absolute atomic E-state index is 5.56. The minimum atomic E-state index is 0.625. The van der Waals surface area contributed by atoms with Crippen molar-refractivity contribution >= 4 is 11.6 Å². The molecule has 0 spiro atoms. The second kappa shape index (κ2) is 6.41. The van der Waals surface area contributed by atoms with Gasteiger partial charge in [-0.05, 0) is 32.4 Å². The molecule has 0 atom stereocenters. The van der Waals surface area contributed by atoms with Gasteiger partial charge in [-0.2, -0.15) is 0 Å². The highest BCUT2D eigenvalue weighted by Gasteiger charge is 2.10. The Labute approximate surface area is 119 Å². The summed E-state index contributed by atoms with van der Waals surface area (Å²) in [6, 6.07) is 3.94. The Kier molecular flexibility index (Phi) is 4.61. The summed E-state index contributed by atoms with van der Waals surface area (Å²) >= 11 is 0. The zero-order valence-corrected chi connectivity index (χ0v) is 12.6. The normalized spacial score (nSPS) is 10.6. The zero-order valence-electron chi connectivity index (χ0n) is 12.6. The van der Waals surface area contributed by atoms with E-state index in [0.717, 1.165) is 47.4 Å². The van der Waals surface area contributed by atoms with Crippen LogP contribution in [-0.4, -0.2) is 17.0 Å². The van der Waals surface area contributed by atoms with Crippen molar-refractivity contribution in [2.24, 2.45) is 0 Å². The Hall–Kier alpha value is -2.04. The van der Waals surface area contributed by atoms with Gasteiger partial charge in [0.1, 0.15) is 29.0 Å². The van der Waals surface area contributed by atoms with Crippen LogP contribution in [0.25, 0.3) is 0 Å². The highest BCUT2D eigenvalue weighted by Crippen LogP contribution is 2.21. The smallest absolute Gasteiger partial charge is 0.135 e. The van der Waals surface area contributed by atoms with Gasteiger partial charge in [0.05, 0.1) is 6.54 Å². The van der Waals surface area contributed by atoms with E-state index < -0.39 is 0 Å². The van der Waals surface area contributed by atoms with Crippen molar-refractivity contribution in [1.29, 1.82) is 0 Å². The van der Waals surface area contributed by atoms with Crippen LogP contribution in [-0.2, 0) is 13.0 Å². The fourth-order valence-corrected chi connectivity index (χ4v) is 2.06. The molecule has 2 aromatic rings. The molecule has 20 heavy (non-hydrogen) atoms. The van der Waals surface area contributed by atoms with E-state index in [-0.39, 0.29) is 0 Å². The molecule has 5 heteroatoms. The topological polar surface area (TPSA) is 63.0 Å². The minimum Gasteiger partial charge on any atom is -0.465 e. The molecule has 2 rings (SSSR count). The summed E-state index contributed by atoms with van der Waals surface area (Å²) in [5, 5.41) is 6.45. The van der Waals surface area contributed by atoms with Gasteiger partial charge >= 0.3 is 0 Å². The van der Waals surface area contributed by atoms with Gasteiger partial charge in [-0.25, -0.2) is 9.97 Å². The summed E-state index contributed by atoms with van der Waals surface area (Å²) < 4.78 is 5.56. The van der Waals surface area contributed by atoms with Gasteiger partial charge in [-0.1, -0.05) is 6.92 Å². The second-order valence-corrected chi connectivity index (χ2v) is 4.83. The van der Waals surface area contributed by atoms with E-state index in [1.807, 2.05) is 33.0 Å². The number of hydrogen-bond donors (Lipinski definition) is 2. The fraction of sp³-hybridized carbons (Fsp3) is 0.467. The quantitative estimate of drug-likeness (QED) is 0.846. The van der Waals surface area contributed by atoms with Gasteiger partial charge in [0.15, 0.2) is 0 Å². The first-order valence-corrected chi connectivity index (χ1v) is 6.98. The molecule has 2 heterocycles. The molecule has 5 nitrogen and oxygen atoms in total. The van der Waals surface area contributed by atoms with Crippen molar-refractivity contribution in [3.8, 4) is 0 Å². The molecule has 0 aliphatic rings. The first kappa shape index (κ1) is 14.4. The third-order valence-electron chi connectivity index (χ3n) is 3.13. The lowest BCUT2D eigenvalue weighted by atomic mass is 10.2. The van der Waals surface area contributed by atoms with Crippen molar-refractivity contribution in [1.82, 2.24) is 9.97 Å². The lowest BCUT2D eigenvalue weighted by Crippen LogP contribution is -2.09. The number of nitrogens with zero attached hydrogens (tertiary/aromatic N) is 2. The first-order valence-electron chi connectivity index (χ1n) is 6.98. The standard InChI is InChI=1S/C15H22N4O/c1-5-6-13-18-14(16-4)11(3)15(19-13)17-9-12-8-7-10(2)20-12/h7-8H,5-6,9H2,1-4H3,(H2,16,17,18,19). The van der Waals surface area contributed by atoms with Crippen LogP contribution >= 0.6 is 0 Å². The summed E-state index contributed by atoms with van der Waals surface area (Å²) in [5.41, 5.74) is 1.02. The largest absolute Gasteiger partial charge is 0.465 e. The van der Waals surface area contributed by atoms with Crippen molar-refractivity contribution in [3.05, 3.63) is 35.0 Å². The summed E-state index contributed by atoms with van der Waals surface area (Å²) in [4.78, 5) is 9.10. The molecule has 108 valence electrons. The Morgan fingerprint density at radius 3 is 2.50 bits per heavy atom. The zero-order chi connectivity index (χ0) is 14.5. The van der Waals surface area contributed by atoms with Gasteiger partial charge in [-0.15, -0.1) is 0 Å². The maximum Gasteiger partial charge on any atom is 0.135 e. The average Bonchev–Trinajstić information content (AvgIpc) is 2.85. The summed E-state index contributed by atoms with van der Waals surface area (Å²) in [7, 11) is 1.88. The van der Waals surface area contributed by atoms with E-state index >= 15 is 0 Å². The van der Waals surface area contributed by atoms with E-state index in [0.29, 0.717) is 6.54 Å². The van der Waals surface area contributed by atoms with Crippen molar-refractivity contribution < 1.29 is 4.42 Å². The molecule has 0 fully saturated rings. The lowest BCUT2D eigenvalue weighted by molar-refractivity contribution is 0.490. The van der Waals surface area contributed by atoms with Crippen LogP contribution in [0.3, 0.4) is 0 Å². The highest BCUT2D eigenvalue weighted by atomic mass is 16.3. The molecule has 2 N–H and O–H groups in total. The predicted octanol–water partition coefficient (Wildman–Crippen LogP) is 3.29. The Bertz CT molecular complexity index is 577. The number of nitrogens with one attached hydrogen (secondary N) is 2. The maximum atomic E-state index is 5.56. The van der Waals surface area contributed by atoms with E-state index in [1.165, 1.54) is 0 Å². The Morgan fingerprint density at radius 1 is 1.15 bits per heavy atom. The van der Waals surface area contributed by atoms with Gasteiger partial charge in [0, 0.05) is 19.0 Å². The monoisotopic (exact) mass is 274 g/mol. The molecule has 0 bridgehead atoms. The van der Waals surface area contributed by atoms with E-state index in [2.05, 4.69) is 27.5 Å². The number of aromatic nitrogens is 2. The molecule has 0 radical (unpaired) electrons. The molecular formula is C15H22N4O. The number of hydrogen-bond acceptors (Lipinski definition) is 5. The molecule has 2 aromatic heterocycles. The van der Waals surface area contributed by atoms with Gasteiger partial charge in [-0.3, -0.25) is 0 Å². The van der Waals surface area contributed by atoms with Crippen molar-refractivity contribution in [2.75, 3.05) is 17.7 Å². The van der Waals surface area contributed by atoms with E-state index in [1.54, 1.807) is 0 Å². The van der Waals surface area contributed by atoms with E-state index in [4.69, 9.17) is 4.42 Å². The molecule has 0 saturated heterocycles. The molecule has 0 amide bonds. The van der Waals surface area contributed by atoms with Crippen LogP contribution < -0.4 is 10.6 Å². The summed E-state index contributed by atoms with van der Waals surface area (Å²) in [5.74, 6) is 4.43. The predicted molar refractivity (Wildman–Crippen MR) is 81.1 cm³/mol. The van der Waals surface area contributed by atoms with Crippen LogP contribution in [0.15, 0.2) is 16.5 Å². The number of anilines is 2. The second-order valence-electron chi connectivity index (χ2n) is 4.83. The van der Waals surface area contributed by atoms with Crippen LogP contribution in [0, 0.1) is 13.8 Å². The number of aryl methyl sites for hydroxylation is 2. The third-order valence-corrected chi connectivity index (χ3v) is 3.13. The van der Waals surface area contributed by atoms with Crippen LogP contribution in [0.4, 0.5) is 11.6 Å². The lowest BCUT2D eigenvalue weighted by Gasteiger charge is -2.13. The molecule has 0 aliphatic heterocycles. The summed E-state index contributed by atoms with van der Waals surface area (Å²) in [6.45, 7) is 6.70. The van der Waals surface area contributed by atoms with Gasteiger partial charge < -0.3 is 15.1 Å². The molecule has 0 aliphatic carbocycles. The number of rotatable bonds is 6. The first-order chi connectivity index (χ1) is 9.63. The Balaban J connectivity index is 2.18. The molecular weight excluding hydrogens is 252 g/mol. The average molecular weight is 274 g/mol. The molecule has 0 unspecified atom stereocenters. The van der Waals surface area contributed by atoms with E-state index in [9.17, 15) is 0 Å². The fourth-order valence-electron chi connectivity index (χ4n) is 2.06. The van der Waals surface area contributed by atoms with Crippen LogP contribution in [0.1, 0.15) is 36.3 Å².